The van der Waals surface area contributed by atoms with E-state index in [4.69, 9.17) is 9.72 Å². The van der Waals surface area contributed by atoms with Gasteiger partial charge in [-0.05, 0) is 19.9 Å². The molecule has 0 aliphatic carbocycles. The van der Waals surface area contributed by atoms with Gasteiger partial charge in [0.25, 0.3) is 0 Å². The van der Waals surface area contributed by atoms with Crippen LogP contribution < -0.4 is 10.6 Å². The highest BCUT2D eigenvalue weighted by atomic mass is 127. The molecule has 0 spiro atoms. The Kier molecular flexibility index (Phi) is 11.0. The Morgan fingerprint density at radius 1 is 1.31 bits per heavy atom. The second-order valence-electron chi connectivity index (χ2n) is 7.31. The summed E-state index contributed by atoms with van der Waals surface area (Å²) in [6, 6.07) is 0. The molecular formula is C18H34IN5OS. The average molecular weight is 495 g/mol. The first-order chi connectivity index (χ1) is 12.0. The molecule has 0 unspecified atom stereocenters. The molecule has 1 fully saturated rings. The molecule has 1 saturated heterocycles. The molecule has 150 valence electrons. The largest absolute Gasteiger partial charge is 0.379 e. The topological polar surface area (TPSA) is 61.8 Å². The number of morpholine rings is 1. The molecular weight excluding hydrogens is 461 g/mol. The fraction of sp³-hybridized carbons (Fsp3) is 0.778. The molecule has 0 bridgehead atoms. The minimum absolute atomic E-state index is 0. The first-order valence-corrected chi connectivity index (χ1v) is 10.1. The van der Waals surface area contributed by atoms with Gasteiger partial charge in [0, 0.05) is 37.0 Å². The van der Waals surface area contributed by atoms with Crippen molar-refractivity contribution in [2.24, 2.45) is 4.99 Å². The van der Waals surface area contributed by atoms with Crippen molar-refractivity contribution < 1.29 is 4.74 Å². The van der Waals surface area contributed by atoms with E-state index >= 15 is 0 Å². The summed E-state index contributed by atoms with van der Waals surface area (Å²) in [6.07, 6.45) is 1.11. The molecule has 0 saturated carbocycles. The molecule has 6 nitrogen and oxygen atoms in total. The van der Waals surface area contributed by atoms with Gasteiger partial charge >= 0.3 is 0 Å². The van der Waals surface area contributed by atoms with Crippen molar-refractivity contribution in [3.05, 3.63) is 16.1 Å². The van der Waals surface area contributed by atoms with E-state index in [9.17, 15) is 0 Å². The number of hydrogen-bond donors (Lipinski definition) is 2. The first-order valence-electron chi connectivity index (χ1n) is 9.26. The van der Waals surface area contributed by atoms with Crippen molar-refractivity contribution in [3.63, 3.8) is 0 Å². The quantitative estimate of drug-likeness (QED) is 0.264. The van der Waals surface area contributed by atoms with Gasteiger partial charge in [-0.2, -0.15) is 0 Å². The van der Waals surface area contributed by atoms with Crippen molar-refractivity contribution in [1.29, 1.82) is 0 Å². The average Bonchev–Trinajstić information content (AvgIpc) is 3.07. The lowest BCUT2D eigenvalue weighted by molar-refractivity contribution is 0.0376. The van der Waals surface area contributed by atoms with E-state index in [-0.39, 0.29) is 29.4 Å². The summed E-state index contributed by atoms with van der Waals surface area (Å²) in [4.78, 5) is 11.8. The molecule has 1 aliphatic rings. The smallest absolute Gasteiger partial charge is 0.191 e. The monoisotopic (exact) mass is 495 g/mol. The van der Waals surface area contributed by atoms with Crippen LogP contribution in [-0.2, 0) is 16.7 Å². The molecule has 0 atom stereocenters. The zero-order valence-corrected chi connectivity index (χ0v) is 19.7. The third-order valence-corrected chi connectivity index (χ3v) is 4.92. The van der Waals surface area contributed by atoms with E-state index in [1.54, 1.807) is 11.3 Å². The number of nitrogens with one attached hydrogen (secondary N) is 2. The molecule has 2 heterocycles. The van der Waals surface area contributed by atoms with Crippen LogP contribution >= 0.6 is 35.3 Å². The fourth-order valence-corrected chi connectivity index (χ4v) is 3.49. The number of halogens is 1. The van der Waals surface area contributed by atoms with Gasteiger partial charge in [0.1, 0.15) is 5.01 Å². The maximum absolute atomic E-state index is 5.38. The van der Waals surface area contributed by atoms with Gasteiger partial charge in [-0.15, -0.1) is 35.3 Å². The molecule has 0 radical (unpaired) electrons. The zero-order chi connectivity index (χ0) is 18.1. The van der Waals surface area contributed by atoms with E-state index in [0.717, 1.165) is 69.0 Å². The summed E-state index contributed by atoms with van der Waals surface area (Å²) in [5, 5.41) is 9.95. The Bertz CT molecular complexity index is 538. The predicted octanol–water partition coefficient (Wildman–Crippen LogP) is 2.84. The van der Waals surface area contributed by atoms with Crippen molar-refractivity contribution in [1.82, 2.24) is 20.5 Å². The summed E-state index contributed by atoms with van der Waals surface area (Å²) in [7, 11) is 0. The highest BCUT2D eigenvalue weighted by Gasteiger charge is 2.17. The van der Waals surface area contributed by atoms with Crippen LogP contribution in [-0.4, -0.2) is 61.8 Å². The normalized spacial score (nSPS) is 16.2. The van der Waals surface area contributed by atoms with Crippen LogP contribution in [0.25, 0.3) is 0 Å². The summed E-state index contributed by atoms with van der Waals surface area (Å²) < 4.78 is 5.38. The van der Waals surface area contributed by atoms with Crippen molar-refractivity contribution in [3.8, 4) is 0 Å². The van der Waals surface area contributed by atoms with Gasteiger partial charge in [-0.3, -0.25) is 4.90 Å². The van der Waals surface area contributed by atoms with Crippen LogP contribution in [0, 0.1) is 0 Å². The van der Waals surface area contributed by atoms with Gasteiger partial charge in [0.2, 0.25) is 0 Å². The molecule has 1 aromatic rings. The third kappa shape index (κ3) is 8.49. The fourth-order valence-electron chi connectivity index (χ4n) is 2.55. The number of thiazole rings is 1. The maximum atomic E-state index is 5.38. The minimum atomic E-state index is 0. The summed E-state index contributed by atoms with van der Waals surface area (Å²) in [5.41, 5.74) is 1.24. The van der Waals surface area contributed by atoms with Crippen LogP contribution in [0.5, 0.6) is 0 Å². The van der Waals surface area contributed by atoms with E-state index in [1.165, 1.54) is 0 Å². The van der Waals surface area contributed by atoms with Crippen molar-refractivity contribution in [2.45, 2.75) is 46.1 Å². The lowest BCUT2D eigenvalue weighted by Gasteiger charge is -2.26. The van der Waals surface area contributed by atoms with E-state index < -0.39 is 0 Å². The number of hydrogen-bond acceptors (Lipinski definition) is 5. The van der Waals surface area contributed by atoms with E-state index in [2.05, 4.69) is 53.6 Å². The molecule has 0 aromatic carbocycles. The Hall–Kier alpha value is -0.450. The number of guanidine groups is 1. The summed E-state index contributed by atoms with van der Waals surface area (Å²) in [6.45, 7) is 16.0. The van der Waals surface area contributed by atoms with Crippen molar-refractivity contribution >= 4 is 41.3 Å². The molecule has 1 aliphatic heterocycles. The summed E-state index contributed by atoms with van der Waals surface area (Å²) in [5.74, 6) is 0.872. The number of aromatic nitrogens is 1. The minimum Gasteiger partial charge on any atom is -0.379 e. The van der Waals surface area contributed by atoms with Gasteiger partial charge in [0.05, 0.1) is 25.5 Å². The number of nitrogens with zero attached hydrogens (tertiary/aromatic N) is 3. The number of rotatable bonds is 7. The molecule has 1 aromatic heterocycles. The number of aliphatic imine (C=N–C) groups is 1. The Labute approximate surface area is 179 Å². The molecule has 2 N–H and O–H groups in total. The zero-order valence-electron chi connectivity index (χ0n) is 16.5. The van der Waals surface area contributed by atoms with Crippen LogP contribution in [0.4, 0.5) is 0 Å². The Morgan fingerprint density at radius 3 is 2.65 bits per heavy atom. The molecule has 0 amide bonds. The van der Waals surface area contributed by atoms with Gasteiger partial charge in [0.15, 0.2) is 5.96 Å². The lowest BCUT2D eigenvalue weighted by Crippen LogP contribution is -2.40. The number of ether oxygens (including phenoxy) is 1. The van der Waals surface area contributed by atoms with E-state index in [0.29, 0.717) is 6.54 Å². The first kappa shape index (κ1) is 23.6. The Morgan fingerprint density at radius 2 is 2.04 bits per heavy atom. The van der Waals surface area contributed by atoms with Crippen LogP contribution in [0.3, 0.4) is 0 Å². The second-order valence-corrected chi connectivity index (χ2v) is 8.25. The van der Waals surface area contributed by atoms with Crippen LogP contribution in [0.15, 0.2) is 10.4 Å². The van der Waals surface area contributed by atoms with Crippen LogP contribution in [0.2, 0.25) is 0 Å². The van der Waals surface area contributed by atoms with E-state index in [1.807, 2.05) is 0 Å². The highest BCUT2D eigenvalue weighted by molar-refractivity contribution is 14.0. The second kappa shape index (κ2) is 12.1. The molecule has 2 rings (SSSR count). The summed E-state index contributed by atoms with van der Waals surface area (Å²) >= 11 is 1.69. The van der Waals surface area contributed by atoms with Gasteiger partial charge in [-0.25, -0.2) is 9.98 Å². The third-order valence-electron chi connectivity index (χ3n) is 4.08. The standard InChI is InChI=1S/C18H33N5OS.HI/c1-5-19-17(20-7-6-8-23-9-11-24-12-10-23)21-13-16-22-15(14-25-16)18(2,3)4;/h14H,5-13H2,1-4H3,(H2,19,20,21);1H. The van der Waals surface area contributed by atoms with Gasteiger partial charge < -0.3 is 15.4 Å². The Balaban J connectivity index is 0.00000338. The SMILES string of the molecule is CCNC(=NCc1nc(C(C)(C)C)cs1)NCCCN1CCOCC1.I. The lowest BCUT2D eigenvalue weighted by atomic mass is 9.93. The predicted molar refractivity (Wildman–Crippen MR) is 121 cm³/mol. The molecule has 26 heavy (non-hydrogen) atoms. The molecule has 8 heteroatoms. The van der Waals surface area contributed by atoms with Crippen molar-refractivity contribution in [2.75, 3.05) is 45.9 Å². The van der Waals surface area contributed by atoms with Gasteiger partial charge in [-0.1, -0.05) is 20.8 Å². The van der Waals surface area contributed by atoms with Crippen LogP contribution in [0.1, 0.15) is 44.8 Å². The maximum Gasteiger partial charge on any atom is 0.191 e. The highest BCUT2D eigenvalue weighted by Crippen LogP contribution is 2.24.